The van der Waals surface area contributed by atoms with Crippen molar-refractivity contribution >= 4 is 0 Å². The summed E-state index contributed by atoms with van der Waals surface area (Å²) in [5.74, 6) is 0.710. The number of nitrogens with two attached hydrogens (primary N) is 1. The van der Waals surface area contributed by atoms with E-state index in [0.29, 0.717) is 12.0 Å². The first kappa shape index (κ1) is 13.7. The Kier molecular flexibility index (Phi) is 3.71. The molecule has 0 radical (unpaired) electrons. The molecule has 19 heavy (non-hydrogen) atoms. The Morgan fingerprint density at radius 2 is 2.16 bits per heavy atom. The number of nitrogens with zero attached hydrogens (tertiary/aromatic N) is 2. The maximum atomic E-state index is 13.7. The van der Waals surface area contributed by atoms with Crippen molar-refractivity contribution in [3.8, 4) is 0 Å². The number of aryl methyl sites for hydroxylation is 2. The summed E-state index contributed by atoms with van der Waals surface area (Å²) >= 11 is 0. The van der Waals surface area contributed by atoms with Gasteiger partial charge in [0.25, 0.3) is 0 Å². The Bertz CT molecular complexity index is 573. The number of benzene rings is 1. The fourth-order valence-corrected chi connectivity index (χ4v) is 2.17. The first-order valence-corrected chi connectivity index (χ1v) is 6.49. The summed E-state index contributed by atoms with van der Waals surface area (Å²) in [5.41, 5.74) is 7.15. The second kappa shape index (κ2) is 5.13. The maximum absolute atomic E-state index is 13.7. The molecule has 102 valence electrons. The Hall–Kier alpha value is -1.68. The van der Waals surface area contributed by atoms with Crippen molar-refractivity contribution in [2.45, 2.75) is 39.3 Å². The lowest BCUT2D eigenvalue weighted by atomic mass is 9.89. The number of rotatable bonds is 4. The van der Waals surface area contributed by atoms with Crippen LogP contribution >= 0.6 is 0 Å². The molecule has 4 heteroatoms. The molecule has 1 aromatic heterocycles. The summed E-state index contributed by atoms with van der Waals surface area (Å²) in [6.07, 6.45) is 4.28. The second-order valence-electron chi connectivity index (χ2n) is 5.19. The van der Waals surface area contributed by atoms with E-state index in [-0.39, 0.29) is 5.82 Å². The van der Waals surface area contributed by atoms with Gasteiger partial charge in [0.05, 0.1) is 0 Å². The molecule has 2 N–H and O–H groups in total. The van der Waals surface area contributed by atoms with Crippen molar-refractivity contribution in [1.82, 2.24) is 9.55 Å². The smallest absolute Gasteiger partial charge is 0.126 e. The summed E-state index contributed by atoms with van der Waals surface area (Å²) in [6, 6.07) is 5.17. The minimum absolute atomic E-state index is 0.215. The lowest BCUT2D eigenvalue weighted by Gasteiger charge is -2.25. The van der Waals surface area contributed by atoms with Gasteiger partial charge in [-0.3, -0.25) is 0 Å². The lowest BCUT2D eigenvalue weighted by molar-refractivity contribution is 0.461. The number of imidazole rings is 1. The molecule has 1 heterocycles. The van der Waals surface area contributed by atoms with Crippen LogP contribution in [0.5, 0.6) is 0 Å². The number of aromatic nitrogens is 2. The highest BCUT2D eigenvalue weighted by molar-refractivity contribution is 5.29. The Balaban J connectivity index is 2.29. The zero-order chi connectivity index (χ0) is 14.0. The highest BCUT2D eigenvalue weighted by Gasteiger charge is 2.24. The van der Waals surface area contributed by atoms with Gasteiger partial charge in [-0.1, -0.05) is 12.1 Å². The van der Waals surface area contributed by atoms with Crippen LogP contribution in [-0.4, -0.2) is 9.55 Å². The molecule has 1 aromatic carbocycles. The molecule has 0 fully saturated rings. The highest BCUT2D eigenvalue weighted by Crippen LogP contribution is 2.24. The van der Waals surface area contributed by atoms with Gasteiger partial charge in [-0.25, -0.2) is 9.37 Å². The number of hydrogen-bond acceptors (Lipinski definition) is 2. The molecule has 0 aliphatic carbocycles. The minimum Gasteiger partial charge on any atom is -0.335 e. The third kappa shape index (κ3) is 2.84. The van der Waals surface area contributed by atoms with Gasteiger partial charge in [-0.05, 0) is 38.0 Å². The molecule has 1 unspecified atom stereocenters. The molecule has 0 aliphatic heterocycles. The Morgan fingerprint density at radius 3 is 2.79 bits per heavy atom. The molecular formula is C15H20FN3. The predicted molar refractivity (Wildman–Crippen MR) is 74.3 cm³/mol. The van der Waals surface area contributed by atoms with E-state index in [9.17, 15) is 4.39 Å². The van der Waals surface area contributed by atoms with Crippen molar-refractivity contribution in [2.24, 2.45) is 5.73 Å². The van der Waals surface area contributed by atoms with Crippen molar-refractivity contribution in [1.29, 1.82) is 0 Å². The SMILES string of the molecule is CCn1ccnc1CC(C)(N)c1ccc(C)c(F)c1. The molecule has 3 nitrogen and oxygen atoms in total. The third-order valence-electron chi connectivity index (χ3n) is 3.50. The van der Waals surface area contributed by atoms with Crippen LogP contribution in [-0.2, 0) is 18.5 Å². The molecule has 2 rings (SSSR count). The topological polar surface area (TPSA) is 43.8 Å². The lowest BCUT2D eigenvalue weighted by Crippen LogP contribution is -2.36. The number of halogens is 1. The molecule has 1 atom stereocenters. The van der Waals surface area contributed by atoms with E-state index in [2.05, 4.69) is 16.5 Å². The molecule has 2 aromatic rings. The molecule has 0 bridgehead atoms. The van der Waals surface area contributed by atoms with Crippen LogP contribution in [0.1, 0.15) is 30.8 Å². The quantitative estimate of drug-likeness (QED) is 0.919. The van der Waals surface area contributed by atoms with Crippen LogP contribution in [0.25, 0.3) is 0 Å². The van der Waals surface area contributed by atoms with Crippen LogP contribution in [0.15, 0.2) is 30.6 Å². The van der Waals surface area contributed by atoms with Crippen molar-refractivity contribution in [2.75, 3.05) is 0 Å². The van der Waals surface area contributed by atoms with Crippen LogP contribution < -0.4 is 5.73 Å². The van der Waals surface area contributed by atoms with Gasteiger partial charge in [0.2, 0.25) is 0 Å². The van der Waals surface area contributed by atoms with E-state index in [0.717, 1.165) is 17.9 Å². The Morgan fingerprint density at radius 1 is 1.42 bits per heavy atom. The fourth-order valence-electron chi connectivity index (χ4n) is 2.17. The van der Waals surface area contributed by atoms with E-state index >= 15 is 0 Å². The standard InChI is InChI=1S/C15H20FN3/c1-4-19-8-7-18-14(19)10-15(3,17)12-6-5-11(2)13(16)9-12/h5-9H,4,10,17H2,1-3H3. The monoisotopic (exact) mass is 261 g/mol. The maximum Gasteiger partial charge on any atom is 0.126 e. The Labute approximate surface area is 113 Å². The molecule has 0 saturated heterocycles. The summed E-state index contributed by atoms with van der Waals surface area (Å²) in [7, 11) is 0. The summed E-state index contributed by atoms with van der Waals surface area (Å²) in [5, 5.41) is 0. The van der Waals surface area contributed by atoms with Crippen molar-refractivity contribution in [3.63, 3.8) is 0 Å². The van der Waals surface area contributed by atoms with Gasteiger partial charge in [-0.15, -0.1) is 0 Å². The molecule has 0 spiro atoms. The minimum atomic E-state index is -0.632. The van der Waals surface area contributed by atoms with E-state index in [1.54, 1.807) is 19.2 Å². The summed E-state index contributed by atoms with van der Waals surface area (Å²) in [4.78, 5) is 4.33. The highest BCUT2D eigenvalue weighted by atomic mass is 19.1. The van der Waals surface area contributed by atoms with Gasteiger partial charge >= 0.3 is 0 Å². The van der Waals surface area contributed by atoms with Gasteiger partial charge in [0, 0.05) is 30.9 Å². The van der Waals surface area contributed by atoms with Gasteiger partial charge in [0.1, 0.15) is 11.6 Å². The average Bonchev–Trinajstić information content (AvgIpc) is 2.79. The molecule has 0 saturated carbocycles. The molecule has 0 amide bonds. The molecular weight excluding hydrogens is 241 g/mol. The first-order chi connectivity index (χ1) is 8.94. The van der Waals surface area contributed by atoms with Gasteiger partial charge in [0.15, 0.2) is 0 Å². The fraction of sp³-hybridized carbons (Fsp3) is 0.400. The van der Waals surface area contributed by atoms with E-state index < -0.39 is 5.54 Å². The van der Waals surface area contributed by atoms with E-state index in [1.807, 2.05) is 19.2 Å². The number of hydrogen-bond donors (Lipinski definition) is 1. The van der Waals surface area contributed by atoms with Crippen LogP contribution in [0.4, 0.5) is 4.39 Å². The van der Waals surface area contributed by atoms with E-state index in [4.69, 9.17) is 5.73 Å². The predicted octanol–water partition coefficient (Wildman–Crippen LogP) is 2.77. The largest absolute Gasteiger partial charge is 0.335 e. The third-order valence-corrected chi connectivity index (χ3v) is 3.50. The molecule has 0 aliphatic rings. The second-order valence-corrected chi connectivity index (χ2v) is 5.19. The van der Waals surface area contributed by atoms with Crippen molar-refractivity contribution in [3.05, 3.63) is 53.4 Å². The summed E-state index contributed by atoms with van der Waals surface area (Å²) in [6.45, 7) is 6.57. The van der Waals surface area contributed by atoms with Crippen LogP contribution in [0, 0.1) is 12.7 Å². The van der Waals surface area contributed by atoms with Gasteiger partial charge < -0.3 is 10.3 Å². The zero-order valence-electron chi connectivity index (χ0n) is 11.7. The van der Waals surface area contributed by atoms with E-state index in [1.165, 1.54) is 6.07 Å². The normalized spacial score (nSPS) is 14.4. The first-order valence-electron chi connectivity index (χ1n) is 6.49. The van der Waals surface area contributed by atoms with Crippen molar-refractivity contribution < 1.29 is 4.39 Å². The average molecular weight is 261 g/mol. The summed E-state index contributed by atoms with van der Waals surface area (Å²) < 4.78 is 15.7. The van der Waals surface area contributed by atoms with Gasteiger partial charge in [-0.2, -0.15) is 0 Å². The van der Waals surface area contributed by atoms with Crippen LogP contribution in [0.2, 0.25) is 0 Å². The van der Waals surface area contributed by atoms with Crippen LogP contribution in [0.3, 0.4) is 0 Å². The zero-order valence-corrected chi connectivity index (χ0v) is 11.7.